The summed E-state index contributed by atoms with van der Waals surface area (Å²) < 4.78 is 2.01. The second-order valence-corrected chi connectivity index (χ2v) is 4.66. The van der Waals surface area contributed by atoms with Crippen LogP contribution >= 0.6 is 12.2 Å². The Kier molecular flexibility index (Phi) is 3.40. The Morgan fingerprint density at radius 1 is 1.59 bits per heavy atom. The first-order valence-electron chi connectivity index (χ1n) is 5.50. The third kappa shape index (κ3) is 2.62. The summed E-state index contributed by atoms with van der Waals surface area (Å²) in [6.45, 7) is 2.73. The van der Waals surface area contributed by atoms with Crippen LogP contribution in [0.2, 0.25) is 0 Å². The quantitative estimate of drug-likeness (QED) is 0.832. The van der Waals surface area contributed by atoms with Gasteiger partial charge in [-0.05, 0) is 26.1 Å². The van der Waals surface area contributed by atoms with Crippen molar-refractivity contribution in [2.24, 2.45) is 5.73 Å². The maximum Gasteiger partial charge on any atom is 0.137 e. The number of hydrogen-bond acceptors (Lipinski definition) is 3. The molecule has 0 aliphatic heterocycles. The molecule has 2 rings (SSSR count). The van der Waals surface area contributed by atoms with Crippen LogP contribution in [0, 0.1) is 0 Å². The van der Waals surface area contributed by atoms with E-state index in [0.717, 1.165) is 17.9 Å². The monoisotopic (exact) mass is 248 g/mol. The number of pyridine rings is 1. The standard InChI is InChI=1S/C12H16N4S/c1-9(12(13)17)15(2)7-10-8-16-6-4-3-5-11(16)14-10/h3-6,8-9H,7H2,1-2H3,(H2,13,17). The fraction of sp³-hybridized carbons (Fsp3) is 0.333. The summed E-state index contributed by atoms with van der Waals surface area (Å²) in [5.74, 6) is 0. The van der Waals surface area contributed by atoms with Gasteiger partial charge in [0.05, 0.1) is 16.7 Å². The lowest BCUT2D eigenvalue weighted by molar-refractivity contribution is 0.301. The molecule has 17 heavy (non-hydrogen) atoms. The number of fused-ring (bicyclic) bond motifs is 1. The zero-order chi connectivity index (χ0) is 12.4. The molecule has 90 valence electrons. The van der Waals surface area contributed by atoms with E-state index in [0.29, 0.717) is 4.99 Å². The summed E-state index contributed by atoms with van der Waals surface area (Å²) in [5.41, 5.74) is 7.60. The van der Waals surface area contributed by atoms with Crippen LogP contribution < -0.4 is 5.73 Å². The Balaban J connectivity index is 2.15. The second kappa shape index (κ2) is 4.81. The van der Waals surface area contributed by atoms with Crippen molar-refractivity contribution in [3.8, 4) is 0 Å². The van der Waals surface area contributed by atoms with Crippen LogP contribution in [0.1, 0.15) is 12.6 Å². The lowest BCUT2D eigenvalue weighted by atomic mass is 10.3. The summed E-state index contributed by atoms with van der Waals surface area (Å²) in [7, 11) is 1.99. The van der Waals surface area contributed by atoms with Crippen molar-refractivity contribution in [1.82, 2.24) is 14.3 Å². The van der Waals surface area contributed by atoms with Gasteiger partial charge in [-0.15, -0.1) is 0 Å². The first-order valence-corrected chi connectivity index (χ1v) is 5.91. The van der Waals surface area contributed by atoms with Crippen LogP contribution in [0.25, 0.3) is 5.65 Å². The lowest BCUT2D eigenvalue weighted by Gasteiger charge is -2.22. The van der Waals surface area contributed by atoms with Crippen molar-refractivity contribution in [1.29, 1.82) is 0 Å². The highest BCUT2D eigenvalue weighted by atomic mass is 32.1. The normalized spacial score (nSPS) is 13.1. The van der Waals surface area contributed by atoms with Crippen LogP contribution in [-0.4, -0.2) is 32.4 Å². The van der Waals surface area contributed by atoms with Crippen LogP contribution in [-0.2, 0) is 6.54 Å². The molecule has 2 heterocycles. The number of aromatic nitrogens is 2. The summed E-state index contributed by atoms with van der Waals surface area (Å²) in [6.07, 6.45) is 4.01. The minimum atomic E-state index is 0.0785. The fourth-order valence-electron chi connectivity index (χ4n) is 1.67. The molecule has 1 atom stereocenters. The minimum Gasteiger partial charge on any atom is -0.392 e. The second-order valence-electron chi connectivity index (χ2n) is 4.19. The van der Waals surface area contributed by atoms with E-state index in [-0.39, 0.29) is 6.04 Å². The number of nitrogens with zero attached hydrogens (tertiary/aromatic N) is 3. The number of rotatable bonds is 4. The molecule has 0 amide bonds. The van der Waals surface area contributed by atoms with E-state index in [1.807, 2.05) is 49.0 Å². The van der Waals surface area contributed by atoms with Crippen molar-refractivity contribution in [3.05, 3.63) is 36.3 Å². The van der Waals surface area contributed by atoms with Crippen LogP contribution in [0.15, 0.2) is 30.6 Å². The van der Waals surface area contributed by atoms with Gasteiger partial charge in [0.1, 0.15) is 5.65 Å². The van der Waals surface area contributed by atoms with Gasteiger partial charge in [0, 0.05) is 18.9 Å². The molecule has 0 saturated heterocycles. The van der Waals surface area contributed by atoms with E-state index in [1.165, 1.54) is 0 Å². The number of hydrogen-bond donors (Lipinski definition) is 1. The van der Waals surface area contributed by atoms with Gasteiger partial charge in [0.2, 0.25) is 0 Å². The smallest absolute Gasteiger partial charge is 0.137 e. The Labute approximate surface area is 106 Å². The highest BCUT2D eigenvalue weighted by Gasteiger charge is 2.13. The zero-order valence-corrected chi connectivity index (χ0v) is 10.8. The van der Waals surface area contributed by atoms with Crippen LogP contribution in [0.4, 0.5) is 0 Å². The Morgan fingerprint density at radius 2 is 2.35 bits per heavy atom. The maximum absolute atomic E-state index is 5.63. The van der Waals surface area contributed by atoms with Crippen molar-refractivity contribution >= 4 is 22.9 Å². The van der Waals surface area contributed by atoms with E-state index in [1.54, 1.807) is 0 Å². The highest BCUT2D eigenvalue weighted by Crippen LogP contribution is 2.08. The molecule has 2 N–H and O–H groups in total. The Bertz CT molecular complexity index is 501. The molecule has 5 heteroatoms. The third-order valence-corrected chi connectivity index (χ3v) is 3.24. The van der Waals surface area contributed by atoms with E-state index in [2.05, 4.69) is 9.88 Å². The summed E-state index contributed by atoms with van der Waals surface area (Å²) >= 11 is 4.99. The van der Waals surface area contributed by atoms with Crippen molar-refractivity contribution in [3.63, 3.8) is 0 Å². The van der Waals surface area contributed by atoms with Gasteiger partial charge in [0.15, 0.2) is 0 Å². The summed E-state index contributed by atoms with van der Waals surface area (Å²) in [6, 6.07) is 6.03. The fourth-order valence-corrected chi connectivity index (χ4v) is 1.85. The van der Waals surface area contributed by atoms with Gasteiger partial charge in [-0.2, -0.15) is 0 Å². The van der Waals surface area contributed by atoms with Gasteiger partial charge >= 0.3 is 0 Å². The molecule has 0 aromatic carbocycles. The van der Waals surface area contributed by atoms with Gasteiger partial charge in [-0.3, -0.25) is 4.90 Å². The van der Waals surface area contributed by atoms with E-state index < -0.39 is 0 Å². The maximum atomic E-state index is 5.63. The van der Waals surface area contributed by atoms with E-state index in [9.17, 15) is 0 Å². The van der Waals surface area contributed by atoms with Gasteiger partial charge in [0.25, 0.3) is 0 Å². The first kappa shape index (κ1) is 12.0. The SMILES string of the molecule is CC(C(N)=S)N(C)Cc1cn2ccccc2n1. The molecule has 4 nitrogen and oxygen atoms in total. The zero-order valence-electron chi connectivity index (χ0n) is 10.00. The number of thiocarbonyl (C=S) groups is 1. The first-order chi connectivity index (χ1) is 8.08. The van der Waals surface area contributed by atoms with Crippen LogP contribution in [0.5, 0.6) is 0 Å². The molecular formula is C12H16N4S. The summed E-state index contributed by atoms with van der Waals surface area (Å²) in [4.78, 5) is 7.13. The predicted octanol–water partition coefficient (Wildman–Crippen LogP) is 1.44. The van der Waals surface area contributed by atoms with Gasteiger partial charge < -0.3 is 10.1 Å². The van der Waals surface area contributed by atoms with E-state index in [4.69, 9.17) is 18.0 Å². The van der Waals surface area contributed by atoms with E-state index >= 15 is 0 Å². The average molecular weight is 248 g/mol. The third-order valence-electron chi connectivity index (χ3n) is 2.90. The molecule has 0 aliphatic carbocycles. The molecule has 2 aromatic heterocycles. The number of nitrogens with two attached hydrogens (primary N) is 1. The lowest BCUT2D eigenvalue weighted by Crippen LogP contribution is -2.38. The highest BCUT2D eigenvalue weighted by molar-refractivity contribution is 7.80. The molecule has 0 saturated carbocycles. The number of likely N-dealkylation sites (N-methyl/N-ethyl adjacent to an activating group) is 1. The summed E-state index contributed by atoms with van der Waals surface area (Å²) in [5, 5.41) is 0. The van der Waals surface area contributed by atoms with Crippen molar-refractivity contribution in [2.75, 3.05) is 7.05 Å². The van der Waals surface area contributed by atoms with Gasteiger partial charge in [-0.25, -0.2) is 4.98 Å². The topological polar surface area (TPSA) is 46.6 Å². The molecule has 0 bridgehead atoms. The average Bonchev–Trinajstić information content (AvgIpc) is 2.69. The van der Waals surface area contributed by atoms with Crippen LogP contribution in [0.3, 0.4) is 0 Å². The Morgan fingerprint density at radius 3 is 3.00 bits per heavy atom. The van der Waals surface area contributed by atoms with Crippen molar-refractivity contribution < 1.29 is 0 Å². The Hall–Kier alpha value is -1.46. The molecule has 0 fully saturated rings. The minimum absolute atomic E-state index is 0.0785. The van der Waals surface area contributed by atoms with Crippen molar-refractivity contribution in [2.45, 2.75) is 19.5 Å². The predicted molar refractivity (Wildman–Crippen MR) is 72.9 cm³/mol. The number of imidazole rings is 1. The largest absolute Gasteiger partial charge is 0.392 e. The molecule has 1 unspecified atom stereocenters. The molecular weight excluding hydrogens is 232 g/mol. The molecule has 0 radical (unpaired) electrons. The molecule has 0 aliphatic rings. The molecule has 2 aromatic rings. The molecule has 0 spiro atoms. The van der Waals surface area contributed by atoms with Gasteiger partial charge in [-0.1, -0.05) is 18.3 Å².